The molecule has 0 spiro atoms. The maximum atomic E-state index is 11.4. The average Bonchev–Trinajstić information content (AvgIpc) is 2.19. The van der Waals surface area contributed by atoms with Crippen LogP contribution in [-0.4, -0.2) is 24.3 Å². The van der Waals surface area contributed by atoms with Gasteiger partial charge >= 0.3 is 11.9 Å². The molecule has 6 heteroatoms. The normalized spacial score (nSPS) is 12.1. The van der Waals surface area contributed by atoms with Gasteiger partial charge in [0, 0.05) is 5.75 Å². The summed E-state index contributed by atoms with van der Waals surface area (Å²) in [5.74, 6) is 0.107. The topological polar surface area (TPSA) is 52.6 Å². The summed E-state index contributed by atoms with van der Waals surface area (Å²) >= 11 is 1.02. The van der Waals surface area contributed by atoms with Crippen LogP contribution in [0.5, 0.6) is 0 Å². The maximum absolute atomic E-state index is 11.4. The second-order valence-electron chi connectivity index (χ2n) is 5.90. The quantitative estimate of drug-likeness (QED) is 0.335. The van der Waals surface area contributed by atoms with E-state index in [1.807, 2.05) is 20.8 Å². The molecule has 0 bridgehead atoms. The Kier molecular flexibility index (Phi) is 7.14. The second kappa shape index (κ2) is 7.28. The summed E-state index contributed by atoms with van der Waals surface area (Å²) in [4.78, 5) is 22.8. The molecule has 0 N–H and O–H groups in total. The molecule has 0 aliphatic carbocycles. The molecule has 4 nitrogen and oxygen atoms in total. The van der Waals surface area contributed by atoms with Crippen molar-refractivity contribution in [3.05, 3.63) is 0 Å². The number of rotatable bonds is 5. The predicted molar refractivity (Wildman–Crippen MR) is 76.0 cm³/mol. The number of ether oxygens (including phenoxy) is 1. The van der Waals surface area contributed by atoms with Crippen molar-refractivity contribution in [1.29, 1.82) is 0 Å². The third-order valence-corrected chi connectivity index (χ3v) is 3.42. The number of hydrogen-bond acceptors (Lipinski definition) is 6. The van der Waals surface area contributed by atoms with Crippen molar-refractivity contribution < 1.29 is 18.5 Å². The summed E-state index contributed by atoms with van der Waals surface area (Å²) in [6.07, 6.45) is 0. The summed E-state index contributed by atoms with van der Waals surface area (Å²) < 4.78 is 10.0. The summed E-state index contributed by atoms with van der Waals surface area (Å²) in [6.45, 7) is 11.1. The van der Waals surface area contributed by atoms with Crippen molar-refractivity contribution in [2.75, 3.05) is 12.4 Å². The molecule has 0 aromatic heterocycles. The molecule has 0 unspecified atom stereocenters. The van der Waals surface area contributed by atoms with Crippen LogP contribution < -0.4 is 0 Å². The van der Waals surface area contributed by atoms with Crippen molar-refractivity contribution in [3.63, 3.8) is 0 Å². The Morgan fingerprint density at radius 2 is 1.44 bits per heavy atom. The molecular formula is C12H22O4S2. The van der Waals surface area contributed by atoms with E-state index in [-0.39, 0.29) is 11.9 Å². The first-order chi connectivity index (χ1) is 8.05. The Bertz CT molecular complexity index is 259. The number of esters is 1. The molecule has 0 radical (unpaired) electrons. The molecule has 0 saturated carbocycles. The molecule has 0 fully saturated rings. The van der Waals surface area contributed by atoms with Gasteiger partial charge in [0.2, 0.25) is 0 Å². The number of carbonyl (C=O) groups excluding carboxylic acids is 2. The highest BCUT2D eigenvalue weighted by Crippen LogP contribution is 2.27. The summed E-state index contributed by atoms with van der Waals surface area (Å²) in [5.41, 5.74) is -0.969. The van der Waals surface area contributed by atoms with Crippen LogP contribution in [0.4, 0.5) is 0 Å². The van der Waals surface area contributed by atoms with Gasteiger partial charge in [-0.05, 0) is 52.3 Å². The SMILES string of the molecule is CC(C)(C)C(=O)OCCSSOC(=O)C(C)(C)C. The van der Waals surface area contributed by atoms with Crippen LogP contribution >= 0.6 is 21.9 Å². The third kappa shape index (κ3) is 7.87. The van der Waals surface area contributed by atoms with Crippen LogP contribution in [0, 0.1) is 10.8 Å². The maximum Gasteiger partial charge on any atom is 0.324 e. The molecule has 0 atom stereocenters. The Morgan fingerprint density at radius 3 is 1.89 bits per heavy atom. The van der Waals surface area contributed by atoms with E-state index < -0.39 is 10.8 Å². The zero-order chi connectivity index (χ0) is 14.4. The van der Waals surface area contributed by atoms with E-state index >= 15 is 0 Å². The molecule has 0 aliphatic heterocycles. The van der Waals surface area contributed by atoms with Crippen molar-refractivity contribution in [3.8, 4) is 0 Å². The molecule has 0 saturated heterocycles. The summed E-state index contributed by atoms with van der Waals surface area (Å²) in [7, 11) is 1.35. The summed E-state index contributed by atoms with van der Waals surface area (Å²) in [5, 5.41) is 0. The zero-order valence-electron chi connectivity index (χ0n) is 11.9. The monoisotopic (exact) mass is 294 g/mol. The smallest absolute Gasteiger partial charge is 0.324 e. The van der Waals surface area contributed by atoms with Gasteiger partial charge in [0.15, 0.2) is 0 Å². The van der Waals surface area contributed by atoms with Crippen LogP contribution in [-0.2, 0) is 18.5 Å². The highest BCUT2D eigenvalue weighted by atomic mass is 33.1. The molecule has 18 heavy (non-hydrogen) atoms. The van der Waals surface area contributed by atoms with E-state index in [4.69, 9.17) is 8.92 Å². The van der Waals surface area contributed by atoms with Crippen LogP contribution in [0.1, 0.15) is 41.5 Å². The fourth-order valence-corrected chi connectivity index (χ4v) is 1.92. The van der Waals surface area contributed by atoms with E-state index in [1.165, 1.54) is 10.8 Å². The van der Waals surface area contributed by atoms with Crippen molar-refractivity contribution >= 4 is 33.8 Å². The van der Waals surface area contributed by atoms with Gasteiger partial charge in [0.25, 0.3) is 0 Å². The molecule has 0 amide bonds. The fourth-order valence-electron chi connectivity index (χ4n) is 0.599. The molecule has 0 aromatic carbocycles. The van der Waals surface area contributed by atoms with Crippen LogP contribution in [0.25, 0.3) is 0 Å². The van der Waals surface area contributed by atoms with E-state index in [9.17, 15) is 9.59 Å². The Balaban J connectivity index is 3.60. The lowest BCUT2D eigenvalue weighted by Crippen LogP contribution is -2.23. The second-order valence-corrected chi connectivity index (χ2v) is 7.96. The molecule has 0 rings (SSSR count). The first-order valence-electron chi connectivity index (χ1n) is 5.73. The van der Waals surface area contributed by atoms with E-state index in [0.29, 0.717) is 12.4 Å². The molecule has 106 valence electrons. The zero-order valence-corrected chi connectivity index (χ0v) is 13.5. The van der Waals surface area contributed by atoms with Gasteiger partial charge < -0.3 is 8.92 Å². The first-order valence-corrected chi connectivity index (χ1v) is 7.97. The van der Waals surface area contributed by atoms with Gasteiger partial charge in [0.1, 0.15) is 17.7 Å². The lowest BCUT2D eigenvalue weighted by atomic mass is 9.97. The highest BCUT2D eigenvalue weighted by molar-refractivity contribution is 8.75. The van der Waals surface area contributed by atoms with E-state index in [2.05, 4.69) is 0 Å². The largest absolute Gasteiger partial charge is 0.464 e. The molecule has 0 heterocycles. The molecule has 0 aromatic rings. The third-order valence-electron chi connectivity index (χ3n) is 1.78. The minimum absolute atomic E-state index is 0.222. The predicted octanol–water partition coefficient (Wildman–Crippen LogP) is 3.46. The van der Waals surface area contributed by atoms with Gasteiger partial charge in [0.05, 0.1) is 10.8 Å². The number of carbonyl (C=O) groups is 2. The van der Waals surface area contributed by atoms with E-state index in [0.717, 1.165) is 11.1 Å². The van der Waals surface area contributed by atoms with Gasteiger partial charge in [-0.1, -0.05) is 0 Å². The summed E-state index contributed by atoms with van der Waals surface area (Å²) in [6, 6.07) is 0. The lowest BCUT2D eigenvalue weighted by Gasteiger charge is -2.16. The Hall–Kier alpha value is -0.360. The molecule has 0 aliphatic rings. The highest BCUT2D eigenvalue weighted by Gasteiger charge is 2.24. The van der Waals surface area contributed by atoms with E-state index in [1.54, 1.807) is 20.8 Å². The van der Waals surface area contributed by atoms with Gasteiger partial charge in [-0.25, -0.2) is 0 Å². The Labute approximate surface area is 117 Å². The first kappa shape index (κ1) is 17.6. The molecular weight excluding hydrogens is 272 g/mol. The fraction of sp³-hybridized carbons (Fsp3) is 0.833. The van der Waals surface area contributed by atoms with Crippen molar-refractivity contribution in [2.45, 2.75) is 41.5 Å². The van der Waals surface area contributed by atoms with Crippen LogP contribution in [0.2, 0.25) is 0 Å². The van der Waals surface area contributed by atoms with Crippen molar-refractivity contribution in [1.82, 2.24) is 0 Å². The average molecular weight is 294 g/mol. The van der Waals surface area contributed by atoms with Crippen LogP contribution in [0.15, 0.2) is 0 Å². The van der Waals surface area contributed by atoms with Gasteiger partial charge in [-0.3, -0.25) is 9.59 Å². The Morgan fingerprint density at radius 1 is 0.944 bits per heavy atom. The minimum Gasteiger partial charge on any atom is -0.464 e. The lowest BCUT2D eigenvalue weighted by molar-refractivity contribution is -0.152. The standard InChI is InChI=1S/C12H22O4S2/c1-11(2,3)9(13)15-7-8-17-18-16-10(14)12(4,5)6/h7-8H2,1-6H3. The van der Waals surface area contributed by atoms with Gasteiger partial charge in [-0.2, -0.15) is 0 Å². The van der Waals surface area contributed by atoms with Crippen molar-refractivity contribution in [2.24, 2.45) is 10.8 Å². The minimum atomic E-state index is -0.494. The number of hydrogen-bond donors (Lipinski definition) is 0. The van der Waals surface area contributed by atoms with Crippen LogP contribution in [0.3, 0.4) is 0 Å². The van der Waals surface area contributed by atoms with Gasteiger partial charge in [-0.15, -0.1) is 0 Å².